The fourth-order valence-corrected chi connectivity index (χ4v) is 8.86. The summed E-state index contributed by atoms with van der Waals surface area (Å²) in [5, 5.41) is 14.3. The molecule has 15 heteroatoms. The molecule has 3 aromatic rings. The number of nitrogens with two attached hydrogens (primary N) is 3. The lowest BCUT2D eigenvalue weighted by Gasteiger charge is -2.39. The lowest BCUT2D eigenvalue weighted by atomic mass is 9.75. The zero-order chi connectivity index (χ0) is 45.8. The maximum absolute atomic E-state index is 14.8. The number of primary amides is 1. The van der Waals surface area contributed by atoms with Gasteiger partial charge in [-0.3, -0.25) is 33.8 Å². The van der Waals surface area contributed by atoms with E-state index in [0.717, 1.165) is 51.8 Å². The van der Waals surface area contributed by atoms with Crippen LogP contribution in [0.5, 0.6) is 0 Å². The second-order valence-corrected chi connectivity index (χ2v) is 17.3. The van der Waals surface area contributed by atoms with Crippen molar-refractivity contribution >= 4 is 41.4 Å². The minimum atomic E-state index is -1.34. The predicted molar refractivity (Wildman–Crippen MR) is 243 cm³/mol. The van der Waals surface area contributed by atoms with Crippen LogP contribution in [0.25, 0.3) is 0 Å². The number of amides is 6. The van der Waals surface area contributed by atoms with E-state index in [1.807, 2.05) is 62.4 Å². The SMILES string of the molecule is CCCCC(=O)NC1(C(=O)N[C@H](Cc2ccccc2)C(=O)N[C@@H](CCCN=C(N)N)C(=O)N[C@@H](Cc2cc#cc3c2CC=CC2CC32)C(=O)NCC(N)=O)CCc2c(C)cccc2C1. The zero-order valence-corrected chi connectivity index (χ0v) is 36.8. The zero-order valence-electron chi connectivity index (χ0n) is 36.8. The Morgan fingerprint density at radius 3 is 2.38 bits per heavy atom. The Labute approximate surface area is 375 Å². The van der Waals surface area contributed by atoms with Crippen LogP contribution in [0.15, 0.2) is 71.7 Å². The van der Waals surface area contributed by atoms with Gasteiger partial charge in [-0.15, -0.1) is 0 Å². The molecular formula is C49H61N9O6. The summed E-state index contributed by atoms with van der Waals surface area (Å²) in [6, 6.07) is 19.6. The second-order valence-electron chi connectivity index (χ2n) is 17.3. The number of benzene rings is 2. The highest BCUT2D eigenvalue weighted by molar-refractivity contribution is 5.98. The second kappa shape index (κ2) is 21.6. The van der Waals surface area contributed by atoms with Gasteiger partial charge in [0.2, 0.25) is 35.4 Å². The van der Waals surface area contributed by atoms with Gasteiger partial charge in [0.15, 0.2) is 5.96 Å². The Bertz CT molecular complexity index is 2260. The minimum absolute atomic E-state index is 0.0564. The van der Waals surface area contributed by atoms with Gasteiger partial charge >= 0.3 is 0 Å². The number of fused-ring (bicyclic) bond motifs is 4. The number of carbonyl (C=O) groups is 6. The van der Waals surface area contributed by atoms with Crippen LogP contribution in [0.2, 0.25) is 0 Å². The molecule has 6 atom stereocenters. The molecule has 1 fully saturated rings. The van der Waals surface area contributed by atoms with E-state index < -0.39 is 59.7 Å². The molecule has 3 aliphatic carbocycles. The van der Waals surface area contributed by atoms with E-state index >= 15 is 0 Å². The van der Waals surface area contributed by atoms with Gasteiger partial charge in [0.1, 0.15) is 23.7 Å². The van der Waals surface area contributed by atoms with Crippen LogP contribution in [-0.4, -0.2) is 78.2 Å². The largest absolute Gasteiger partial charge is 0.370 e. The first kappa shape index (κ1) is 46.8. The molecule has 15 nitrogen and oxygen atoms in total. The Morgan fingerprint density at radius 1 is 0.875 bits per heavy atom. The van der Waals surface area contributed by atoms with Crippen molar-refractivity contribution in [2.24, 2.45) is 28.1 Å². The van der Waals surface area contributed by atoms with E-state index in [-0.39, 0.29) is 56.9 Å². The van der Waals surface area contributed by atoms with Gasteiger partial charge in [-0.1, -0.05) is 86.2 Å². The fraction of sp³-hybridized carbons (Fsp3) is 0.449. The van der Waals surface area contributed by atoms with Crippen molar-refractivity contribution in [3.8, 4) is 0 Å². The molecule has 0 aliphatic heterocycles. The highest BCUT2D eigenvalue weighted by atomic mass is 16.2. The van der Waals surface area contributed by atoms with E-state index in [0.29, 0.717) is 37.5 Å². The third-order valence-corrected chi connectivity index (χ3v) is 12.4. The first-order chi connectivity index (χ1) is 30.8. The van der Waals surface area contributed by atoms with Gasteiger partial charge in [0.05, 0.1) is 6.54 Å². The maximum atomic E-state index is 14.8. The number of guanidine groups is 1. The third kappa shape index (κ3) is 12.3. The first-order valence-corrected chi connectivity index (χ1v) is 22.3. The summed E-state index contributed by atoms with van der Waals surface area (Å²) in [7, 11) is 0. The Hall–Kier alpha value is -6.69. The summed E-state index contributed by atoms with van der Waals surface area (Å²) in [6.45, 7) is 3.71. The summed E-state index contributed by atoms with van der Waals surface area (Å²) < 4.78 is 0. The standard InChI is InChI=1S/C49H61N9O6/c1-3-4-21-43(60)58-49(23-22-35-30(2)12-8-17-34(35)28-49)47(64)57-40(25-31-13-6-5-7-14-31)46(63)55-39(20-11-24-53-48(51)52)45(62)56-41(44(61)54-29-42(50)59)27-33-16-10-19-37-36(33)18-9-15-32-26-38(32)37/h5-9,12-17,32,38-41H,3-4,11,18,20-29H2,1-2H3,(H2,50,59)(H,54,61)(H,55,63)(H,56,62)(H,57,64)(H,58,60)(H4,51,52,53)/t32?,38?,39-,40+,41-,49?/m0/s1. The highest BCUT2D eigenvalue weighted by Crippen LogP contribution is 2.50. The number of hydrogen-bond donors (Lipinski definition) is 8. The lowest BCUT2D eigenvalue weighted by Crippen LogP contribution is -2.65. The summed E-state index contributed by atoms with van der Waals surface area (Å²) in [5.41, 5.74) is 22.0. The van der Waals surface area contributed by atoms with E-state index in [4.69, 9.17) is 17.2 Å². The van der Waals surface area contributed by atoms with Crippen molar-refractivity contribution in [2.75, 3.05) is 13.1 Å². The Balaban J connectivity index is 1.28. The summed E-state index contributed by atoms with van der Waals surface area (Å²) in [6.07, 6.45) is 9.20. The normalized spacial score (nSPS) is 19.3. The van der Waals surface area contributed by atoms with E-state index in [1.54, 1.807) is 6.07 Å². The number of aryl methyl sites for hydroxylation is 1. The van der Waals surface area contributed by atoms with Gasteiger partial charge in [-0.05, 0) is 103 Å². The van der Waals surface area contributed by atoms with Gasteiger partial charge in [-0.25, -0.2) is 0 Å². The molecule has 0 aromatic heterocycles. The molecule has 1 saturated carbocycles. The van der Waals surface area contributed by atoms with Crippen molar-refractivity contribution in [3.63, 3.8) is 0 Å². The number of carbonyl (C=O) groups excluding carboxylic acids is 6. The summed E-state index contributed by atoms with van der Waals surface area (Å²) >= 11 is 0. The number of allylic oxidation sites excluding steroid dienone is 2. The van der Waals surface area contributed by atoms with Crippen LogP contribution in [0.3, 0.4) is 0 Å². The van der Waals surface area contributed by atoms with Gasteiger partial charge in [0, 0.05) is 37.8 Å². The third-order valence-electron chi connectivity index (χ3n) is 12.4. The molecule has 338 valence electrons. The molecule has 6 amide bonds. The molecule has 11 N–H and O–H groups in total. The minimum Gasteiger partial charge on any atom is -0.370 e. The van der Waals surface area contributed by atoms with Crippen molar-refractivity contribution in [2.45, 2.75) is 120 Å². The number of hydrogen-bond acceptors (Lipinski definition) is 7. The van der Waals surface area contributed by atoms with E-state index in [9.17, 15) is 28.8 Å². The average Bonchev–Trinajstić information content (AvgIpc) is 4.07. The monoisotopic (exact) mass is 871 g/mol. The predicted octanol–water partition coefficient (Wildman–Crippen LogP) is 1.94. The molecule has 0 bridgehead atoms. The maximum Gasteiger partial charge on any atom is 0.246 e. The van der Waals surface area contributed by atoms with Gasteiger partial charge in [-0.2, -0.15) is 0 Å². The van der Waals surface area contributed by atoms with Crippen LogP contribution in [-0.2, 0) is 60.9 Å². The fourth-order valence-electron chi connectivity index (χ4n) is 8.86. The molecule has 0 spiro atoms. The first-order valence-electron chi connectivity index (χ1n) is 22.3. The van der Waals surface area contributed by atoms with Crippen LogP contribution in [0, 0.1) is 25.0 Å². The molecule has 3 aromatic carbocycles. The number of nitrogens with one attached hydrogen (secondary N) is 5. The highest BCUT2D eigenvalue weighted by Gasteiger charge is 2.45. The molecule has 0 saturated heterocycles. The van der Waals surface area contributed by atoms with Crippen molar-refractivity contribution < 1.29 is 28.8 Å². The number of aliphatic imine (C=N–C) groups is 1. The number of unbranched alkanes of at least 4 members (excludes halogenated alkanes) is 1. The summed E-state index contributed by atoms with van der Waals surface area (Å²) in [4.78, 5) is 86.8. The van der Waals surface area contributed by atoms with Crippen molar-refractivity contribution in [1.29, 1.82) is 0 Å². The van der Waals surface area contributed by atoms with Crippen LogP contribution < -0.4 is 43.8 Å². The summed E-state index contributed by atoms with van der Waals surface area (Å²) in [5.74, 6) is -2.87. The molecule has 64 heavy (non-hydrogen) atoms. The number of nitrogens with zero attached hydrogens (tertiary/aromatic N) is 1. The quantitative estimate of drug-likeness (QED) is 0.0339. The topological polar surface area (TPSA) is 253 Å². The Kier molecular flexibility index (Phi) is 15.8. The molecule has 0 heterocycles. The van der Waals surface area contributed by atoms with Crippen molar-refractivity contribution in [1.82, 2.24) is 26.6 Å². The van der Waals surface area contributed by atoms with E-state index in [1.165, 1.54) is 0 Å². The van der Waals surface area contributed by atoms with E-state index in [2.05, 4.69) is 55.9 Å². The van der Waals surface area contributed by atoms with Crippen LogP contribution in [0.1, 0.15) is 96.7 Å². The van der Waals surface area contributed by atoms with Crippen molar-refractivity contribution in [3.05, 3.63) is 118 Å². The van der Waals surface area contributed by atoms with Crippen LogP contribution >= 0.6 is 0 Å². The average molecular weight is 872 g/mol. The van der Waals surface area contributed by atoms with Gasteiger partial charge < -0.3 is 43.8 Å². The lowest BCUT2D eigenvalue weighted by molar-refractivity contribution is -0.137. The van der Waals surface area contributed by atoms with Gasteiger partial charge in [0.25, 0.3) is 0 Å². The molecular weight excluding hydrogens is 811 g/mol. The molecule has 6 rings (SSSR count). The molecule has 3 aliphatic rings. The number of rotatable bonds is 21. The Morgan fingerprint density at radius 2 is 1.62 bits per heavy atom. The smallest absolute Gasteiger partial charge is 0.246 e. The molecule has 0 radical (unpaired) electrons. The van der Waals surface area contributed by atoms with Crippen LogP contribution in [0.4, 0.5) is 0 Å². The molecule has 3 unspecified atom stereocenters.